The molecule has 150 valence electrons. The zero-order valence-electron chi connectivity index (χ0n) is 17.4. The summed E-state index contributed by atoms with van der Waals surface area (Å²) in [6.07, 6.45) is 3.44. The number of carbonyl (C=O) groups excluding carboxylic acids is 1. The van der Waals surface area contributed by atoms with Gasteiger partial charge in [0, 0.05) is 43.4 Å². The number of benzene rings is 2. The number of amides is 1. The Morgan fingerprint density at radius 3 is 2.69 bits per heavy atom. The highest BCUT2D eigenvalue weighted by atomic mass is 16.5. The van der Waals surface area contributed by atoms with Crippen LogP contribution in [-0.2, 0) is 4.79 Å². The quantitative estimate of drug-likeness (QED) is 0.614. The lowest BCUT2D eigenvalue weighted by Crippen LogP contribution is -2.46. The minimum atomic E-state index is 0.147. The predicted octanol–water partition coefficient (Wildman–Crippen LogP) is 5.24. The molecule has 0 N–H and O–H groups in total. The Balaban J connectivity index is 1.48. The third-order valence-electron chi connectivity index (χ3n) is 5.96. The number of likely N-dealkylation sites (tertiary alicyclic amines) is 1. The van der Waals surface area contributed by atoms with E-state index < -0.39 is 0 Å². The summed E-state index contributed by atoms with van der Waals surface area (Å²) >= 11 is 0. The SMILES string of the molecule is CCC(=O)N1CCC(Oc2ccc(-c3ccc4cccnc4c3C)cc2)C(C)C1. The summed E-state index contributed by atoms with van der Waals surface area (Å²) in [5.41, 5.74) is 4.60. The second kappa shape index (κ2) is 8.24. The number of aromatic nitrogens is 1. The highest BCUT2D eigenvalue weighted by Crippen LogP contribution is 2.31. The molecule has 4 nitrogen and oxygen atoms in total. The fourth-order valence-corrected chi connectivity index (χ4v) is 4.24. The number of nitrogens with zero attached hydrogens (tertiary/aromatic N) is 2. The van der Waals surface area contributed by atoms with E-state index in [1.807, 2.05) is 36.2 Å². The summed E-state index contributed by atoms with van der Waals surface area (Å²) in [5, 5.41) is 1.16. The third-order valence-corrected chi connectivity index (χ3v) is 5.96. The van der Waals surface area contributed by atoms with Crippen molar-refractivity contribution in [1.82, 2.24) is 9.88 Å². The minimum absolute atomic E-state index is 0.147. The maximum atomic E-state index is 11.9. The van der Waals surface area contributed by atoms with Crippen molar-refractivity contribution in [1.29, 1.82) is 0 Å². The molecule has 1 fully saturated rings. The molecule has 2 unspecified atom stereocenters. The first-order chi connectivity index (χ1) is 14.1. The Kier molecular flexibility index (Phi) is 5.52. The van der Waals surface area contributed by atoms with Crippen molar-refractivity contribution in [3.8, 4) is 16.9 Å². The zero-order valence-corrected chi connectivity index (χ0v) is 17.4. The number of aryl methyl sites for hydroxylation is 1. The van der Waals surface area contributed by atoms with Gasteiger partial charge in [-0.2, -0.15) is 0 Å². The third kappa shape index (κ3) is 3.98. The average molecular weight is 389 g/mol. The van der Waals surface area contributed by atoms with E-state index in [1.54, 1.807) is 0 Å². The molecular weight excluding hydrogens is 360 g/mol. The molecule has 29 heavy (non-hydrogen) atoms. The summed E-state index contributed by atoms with van der Waals surface area (Å²) in [4.78, 5) is 18.4. The molecule has 2 heterocycles. The van der Waals surface area contributed by atoms with E-state index in [4.69, 9.17) is 4.74 Å². The molecular formula is C25H28N2O2. The van der Waals surface area contributed by atoms with Crippen LogP contribution in [-0.4, -0.2) is 35.0 Å². The molecule has 0 radical (unpaired) electrons. The monoisotopic (exact) mass is 388 g/mol. The van der Waals surface area contributed by atoms with Crippen molar-refractivity contribution < 1.29 is 9.53 Å². The van der Waals surface area contributed by atoms with Crippen LogP contribution in [0.15, 0.2) is 54.7 Å². The van der Waals surface area contributed by atoms with Gasteiger partial charge in [-0.1, -0.05) is 44.2 Å². The first-order valence-electron chi connectivity index (χ1n) is 10.5. The fraction of sp³-hybridized carbons (Fsp3) is 0.360. The first kappa shape index (κ1) is 19.4. The lowest BCUT2D eigenvalue weighted by molar-refractivity contribution is -0.134. The summed E-state index contributed by atoms with van der Waals surface area (Å²) in [7, 11) is 0. The number of hydrogen-bond acceptors (Lipinski definition) is 3. The van der Waals surface area contributed by atoms with Gasteiger partial charge in [0.2, 0.25) is 5.91 Å². The van der Waals surface area contributed by atoms with Gasteiger partial charge in [0.1, 0.15) is 11.9 Å². The van der Waals surface area contributed by atoms with Crippen LogP contribution in [0.25, 0.3) is 22.0 Å². The molecule has 1 amide bonds. The molecule has 2 atom stereocenters. The molecule has 0 bridgehead atoms. The van der Waals surface area contributed by atoms with E-state index >= 15 is 0 Å². The van der Waals surface area contributed by atoms with Gasteiger partial charge in [-0.15, -0.1) is 0 Å². The van der Waals surface area contributed by atoms with Gasteiger partial charge in [0.25, 0.3) is 0 Å². The molecule has 1 aromatic heterocycles. The van der Waals surface area contributed by atoms with Crippen LogP contribution in [0.5, 0.6) is 5.75 Å². The Bertz CT molecular complexity index is 1010. The van der Waals surface area contributed by atoms with Crippen molar-refractivity contribution >= 4 is 16.8 Å². The summed E-state index contributed by atoms with van der Waals surface area (Å²) < 4.78 is 6.27. The zero-order chi connectivity index (χ0) is 20.4. The number of pyridine rings is 1. The number of hydrogen-bond donors (Lipinski definition) is 0. The Labute approximate surface area is 172 Å². The molecule has 1 aliphatic heterocycles. The van der Waals surface area contributed by atoms with Crippen LogP contribution in [0, 0.1) is 12.8 Å². The van der Waals surface area contributed by atoms with Gasteiger partial charge < -0.3 is 9.64 Å². The van der Waals surface area contributed by atoms with Gasteiger partial charge in [0.15, 0.2) is 0 Å². The van der Waals surface area contributed by atoms with Crippen molar-refractivity contribution in [2.24, 2.45) is 5.92 Å². The molecule has 0 aliphatic carbocycles. The number of piperidine rings is 1. The molecule has 0 spiro atoms. The molecule has 1 aliphatic rings. The van der Waals surface area contributed by atoms with Crippen LogP contribution in [0.1, 0.15) is 32.3 Å². The van der Waals surface area contributed by atoms with E-state index in [-0.39, 0.29) is 12.0 Å². The number of carbonyl (C=O) groups is 1. The Hall–Kier alpha value is -2.88. The van der Waals surface area contributed by atoms with E-state index in [0.717, 1.165) is 36.2 Å². The lowest BCUT2D eigenvalue weighted by atomic mass is 9.96. The number of rotatable bonds is 4. The fourth-order valence-electron chi connectivity index (χ4n) is 4.24. The summed E-state index contributed by atoms with van der Waals surface area (Å²) in [6, 6.07) is 16.7. The van der Waals surface area contributed by atoms with E-state index in [2.05, 4.69) is 49.2 Å². The molecule has 1 saturated heterocycles. The topological polar surface area (TPSA) is 42.4 Å². The van der Waals surface area contributed by atoms with Crippen LogP contribution in [0.4, 0.5) is 0 Å². The minimum Gasteiger partial charge on any atom is -0.490 e. The number of ether oxygens (including phenoxy) is 1. The maximum absolute atomic E-state index is 11.9. The second-order valence-corrected chi connectivity index (χ2v) is 7.95. The van der Waals surface area contributed by atoms with Crippen LogP contribution in [0.3, 0.4) is 0 Å². The van der Waals surface area contributed by atoms with Gasteiger partial charge in [-0.25, -0.2) is 0 Å². The molecule has 4 rings (SSSR count). The van der Waals surface area contributed by atoms with Crippen molar-refractivity contribution in [3.63, 3.8) is 0 Å². The summed E-state index contributed by atoms with van der Waals surface area (Å²) in [6.45, 7) is 7.77. The Morgan fingerprint density at radius 1 is 1.17 bits per heavy atom. The maximum Gasteiger partial charge on any atom is 0.222 e. The van der Waals surface area contributed by atoms with Crippen LogP contribution < -0.4 is 4.74 Å². The van der Waals surface area contributed by atoms with E-state index in [1.165, 1.54) is 16.7 Å². The molecule has 0 saturated carbocycles. The largest absolute Gasteiger partial charge is 0.490 e. The van der Waals surface area contributed by atoms with Gasteiger partial charge in [0.05, 0.1) is 5.52 Å². The van der Waals surface area contributed by atoms with Crippen LogP contribution >= 0.6 is 0 Å². The van der Waals surface area contributed by atoms with Crippen molar-refractivity contribution in [3.05, 3.63) is 60.3 Å². The van der Waals surface area contributed by atoms with E-state index in [0.29, 0.717) is 12.3 Å². The van der Waals surface area contributed by atoms with E-state index in [9.17, 15) is 4.79 Å². The van der Waals surface area contributed by atoms with Gasteiger partial charge in [-0.05, 0) is 41.8 Å². The highest BCUT2D eigenvalue weighted by molar-refractivity contribution is 5.88. The average Bonchev–Trinajstić information content (AvgIpc) is 2.76. The van der Waals surface area contributed by atoms with Crippen LogP contribution in [0.2, 0.25) is 0 Å². The molecule has 4 heteroatoms. The smallest absolute Gasteiger partial charge is 0.222 e. The second-order valence-electron chi connectivity index (χ2n) is 7.95. The van der Waals surface area contributed by atoms with Crippen molar-refractivity contribution in [2.75, 3.05) is 13.1 Å². The predicted molar refractivity (Wildman–Crippen MR) is 117 cm³/mol. The number of fused-ring (bicyclic) bond motifs is 1. The highest BCUT2D eigenvalue weighted by Gasteiger charge is 2.29. The summed E-state index contributed by atoms with van der Waals surface area (Å²) in [5.74, 6) is 1.45. The normalized spacial score (nSPS) is 19.3. The van der Waals surface area contributed by atoms with Gasteiger partial charge >= 0.3 is 0 Å². The first-order valence-corrected chi connectivity index (χ1v) is 10.5. The van der Waals surface area contributed by atoms with Gasteiger partial charge in [-0.3, -0.25) is 9.78 Å². The standard InChI is InChI=1S/C25H28N2O2/c1-4-24(28)27-15-13-23(17(2)16-27)29-21-10-7-19(8-11-21)22-12-9-20-6-5-14-26-25(20)18(22)3/h5-12,14,17,23H,4,13,15-16H2,1-3H3. The lowest BCUT2D eigenvalue weighted by Gasteiger charge is -2.36. The van der Waals surface area contributed by atoms with Crippen molar-refractivity contribution in [2.45, 2.75) is 39.7 Å². The Morgan fingerprint density at radius 2 is 1.97 bits per heavy atom. The molecule has 3 aromatic rings. The molecule has 2 aromatic carbocycles.